The molecule has 0 radical (unpaired) electrons. The molecule has 7 aromatic rings. The van der Waals surface area contributed by atoms with E-state index in [1.807, 2.05) is 0 Å². The Hall–Kier alpha value is -7.51. The monoisotopic (exact) mass is 864 g/mol. The van der Waals surface area contributed by atoms with Gasteiger partial charge in [0.05, 0.1) is 45.3 Å². The molecular weight excluding hydrogens is 821 g/mol. The largest absolute Gasteiger partial charge is 0.506 e. The highest BCUT2D eigenvalue weighted by atomic mass is 32.2. The van der Waals surface area contributed by atoms with Gasteiger partial charge in [0.25, 0.3) is 11.8 Å². The van der Waals surface area contributed by atoms with Crippen LogP contribution in [0, 0.1) is 18.8 Å². The molecule has 2 amide bonds. The molecule has 8 N–H and O–H groups in total. The molecule has 14 nitrogen and oxygen atoms in total. The number of aromatic amines is 1. The number of aromatic nitrogens is 2. The van der Waals surface area contributed by atoms with E-state index < -0.39 is 27.8 Å². The Labute approximate surface area is 363 Å². The maximum Gasteiger partial charge on any atom is 0.255 e. The fourth-order valence-electron chi connectivity index (χ4n) is 7.08. The summed E-state index contributed by atoms with van der Waals surface area (Å²) in [6, 6.07) is 28.8. The predicted octanol–water partition coefficient (Wildman–Crippen LogP) is 6.87. The molecule has 0 saturated carbocycles. The highest BCUT2D eigenvalue weighted by Crippen LogP contribution is 2.35. The average Bonchev–Trinajstić information content (AvgIpc) is 3.28. The molecule has 5 aromatic carbocycles. The van der Waals surface area contributed by atoms with E-state index in [0.717, 1.165) is 18.4 Å². The van der Waals surface area contributed by atoms with Gasteiger partial charge in [-0.25, -0.2) is 8.42 Å². The number of aliphatic hydroxyl groups excluding tert-OH is 1. The number of H-pyrrole nitrogens is 1. The molecule has 0 fully saturated rings. The van der Waals surface area contributed by atoms with Gasteiger partial charge in [0, 0.05) is 64.6 Å². The van der Waals surface area contributed by atoms with E-state index in [2.05, 4.69) is 37.8 Å². The number of aryl methyl sites for hydroxylation is 1. The molecule has 0 unspecified atom stereocenters. The molecule has 15 heteroatoms. The van der Waals surface area contributed by atoms with Gasteiger partial charge in [-0.05, 0) is 116 Å². The second kappa shape index (κ2) is 19.0. The predicted molar refractivity (Wildman–Crippen MR) is 242 cm³/mol. The summed E-state index contributed by atoms with van der Waals surface area (Å²) in [6.07, 6.45) is 2.84. The Balaban J connectivity index is 0.953. The maximum absolute atomic E-state index is 14.2. The SMILES string of the molecule is COc1cccc(Nc2c(C(N)=O)cnc3c(C)cc(S(=O)(=O)c4cccc(C(=O)Nc5ccc(C#CCCCCNC[C@H](O)c6ccc(O)c7[nH]c(=O)ccc67)cc5)c4)cc23)c1. The van der Waals surface area contributed by atoms with E-state index in [0.29, 0.717) is 69.6 Å². The van der Waals surface area contributed by atoms with E-state index in [-0.39, 0.29) is 37.9 Å². The number of benzene rings is 5. The first-order valence-electron chi connectivity index (χ1n) is 20.0. The van der Waals surface area contributed by atoms with Gasteiger partial charge in [-0.15, -0.1) is 0 Å². The van der Waals surface area contributed by atoms with Crippen LogP contribution >= 0.6 is 0 Å². The van der Waals surface area contributed by atoms with E-state index in [4.69, 9.17) is 10.5 Å². The number of unbranched alkanes of at least 4 members (excludes halogenated alkanes) is 2. The van der Waals surface area contributed by atoms with Crippen LogP contribution in [0.5, 0.6) is 11.5 Å². The minimum absolute atomic E-state index is 0.0577. The summed E-state index contributed by atoms with van der Waals surface area (Å²) in [7, 11) is -2.65. The molecule has 7 rings (SSSR count). The van der Waals surface area contributed by atoms with Crippen LogP contribution in [0.4, 0.5) is 17.1 Å². The van der Waals surface area contributed by atoms with Crippen molar-refractivity contribution in [2.45, 2.75) is 42.1 Å². The molecule has 0 bridgehead atoms. The second-order valence-corrected chi connectivity index (χ2v) is 16.7. The molecule has 63 heavy (non-hydrogen) atoms. The summed E-state index contributed by atoms with van der Waals surface area (Å²) in [4.78, 5) is 44.4. The molecule has 320 valence electrons. The summed E-state index contributed by atoms with van der Waals surface area (Å²) >= 11 is 0. The number of primary amides is 1. The number of aromatic hydroxyl groups is 1. The fraction of sp³-hybridized carbons (Fsp3) is 0.167. The number of sulfone groups is 1. The number of phenols is 1. The summed E-state index contributed by atoms with van der Waals surface area (Å²) < 4.78 is 33.6. The lowest BCUT2D eigenvalue weighted by Gasteiger charge is -2.16. The van der Waals surface area contributed by atoms with Crippen LogP contribution in [-0.2, 0) is 9.84 Å². The van der Waals surface area contributed by atoms with Crippen LogP contribution in [0.25, 0.3) is 21.8 Å². The van der Waals surface area contributed by atoms with E-state index in [1.54, 1.807) is 67.6 Å². The standard InChI is InChI=1S/C48H44N6O8S/c1-29-23-36(26-39-44(29)51-27-40(47(49)58)45(39)52-33-11-8-12-34(25-33)62-2)63(60,61)35-13-7-10-31(24-35)48(59)53-32-16-14-30(15-17-32)9-5-3-4-6-22-50-28-42(56)37-18-20-41(55)46-38(37)19-21-43(57)54-46/h7-8,10-21,23-27,42,50,55-56H,3-4,6,22,28H2,1-2H3,(H2,49,58)(H,51,52)(H,53,59)(H,54,57)/t42-/m0/s1. The summed E-state index contributed by atoms with van der Waals surface area (Å²) in [6.45, 7) is 2.69. The number of nitrogens with two attached hydrogens (primary N) is 1. The van der Waals surface area contributed by atoms with Crippen LogP contribution in [-0.4, -0.2) is 60.6 Å². The first-order valence-corrected chi connectivity index (χ1v) is 21.4. The van der Waals surface area contributed by atoms with Crippen LogP contribution < -0.4 is 32.0 Å². The number of hydrogen-bond donors (Lipinski definition) is 7. The third-order valence-corrected chi connectivity index (χ3v) is 12.1. The zero-order valence-electron chi connectivity index (χ0n) is 34.4. The Morgan fingerprint density at radius 3 is 2.48 bits per heavy atom. The summed E-state index contributed by atoms with van der Waals surface area (Å²) in [5.74, 6) is 5.54. The molecular formula is C48H44N6O8S. The number of carbonyl (C=O) groups excluding carboxylic acids is 2. The zero-order chi connectivity index (χ0) is 44.7. The van der Waals surface area contributed by atoms with Crippen LogP contribution in [0.15, 0.2) is 130 Å². The lowest BCUT2D eigenvalue weighted by molar-refractivity contribution is 0.0998. The minimum Gasteiger partial charge on any atom is -0.506 e. The number of ether oxygens (including phenoxy) is 1. The summed E-state index contributed by atoms with van der Waals surface area (Å²) in [5.41, 5.74) is 9.62. The third-order valence-electron chi connectivity index (χ3n) is 10.3. The van der Waals surface area contributed by atoms with Crippen molar-refractivity contribution < 1.29 is 33.0 Å². The van der Waals surface area contributed by atoms with Gasteiger partial charge in [-0.2, -0.15) is 0 Å². The van der Waals surface area contributed by atoms with Crippen LogP contribution in [0.3, 0.4) is 0 Å². The van der Waals surface area contributed by atoms with Crippen molar-refractivity contribution in [2.75, 3.05) is 30.8 Å². The summed E-state index contributed by atoms with van der Waals surface area (Å²) in [5, 5.41) is 31.0. The molecule has 0 aliphatic carbocycles. The number of methoxy groups -OCH3 is 1. The zero-order valence-corrected chi connectivity index (χ0v) is 35.2. The molecule has 2 aromatic heterocycles. The minimum atomic E-state index is -4.18. The van der Waals surface area contributed by atoms with Gasteiger partial charge in [-0.3, -0.25) is 19.4 Å². The van der Waals surface area contributed by atoms with E-state index in [9.17, 15) is 33.0 Å². The van der Waals surface area contributed by atoms with Crippen molar-refractivity contribution in [3.63, 3.8) is 0 Å². The van der Waals surface area contributed by atoms with E-state index >= 15 is 0 Å². The third kappa shape index (κ3) is 10.0. The molecule has 0 spiro atoms. The number of fused-ring (bicyclic) bond motifs is 2. The van der Waals surface area contributed by atoms with Crippen molar-refractivity contribution in [1.82, 2.24) is 15.3 Å². The van der Waals surface area contributed by atoms with Gasteiger partial charge in [0.1, 0.15) is 11.5 Å². The Bertz CT molecular complexity index is 3100. The normalized spacial score (nSPS) is 11.7. The Morgan fingerprint density at radius 1 is 0.905 bits per heavy atom. The number of anilines is 3. The second-order valence-electron chi connectivity index (χ2n) is 14.7. The number of amides is 2. The van der Waals surface area contributed by atoms with Gasteiger partial charge >= 0.3 is 0 Å². The van der Waals surface area contributed by atoms with Gasteiger partial charge in [-0.1, -0.05) is 30.0 Å². The maximum atomic E-state index is 14.2. The van der Waals surface area contributed by atoms with E-state index in [1.165, 1.54) is 61.8 Å². The number of aliphatic hydroxyl groups is 1. The Kier molecular flexibility index (Phi) is 13.2. The first kappa shape index (κ1) is 43.6. The number of nitrogens with one attached hydrogen (secondary N) is 4. The smallest absolute Gasteiger partial charge is 0.255 e. The van der Waals surface area contributed by atoms with Gasteiger partial charge in [0.15, 0.2) is 0 Å². The highest BCUT2D eigenvalue weighted by Gasteiger charge is 2.24. The van der Waals surface area contributed by atoms with Gasteiger partial charge < -0.3 is 41.6 Å². The lowest BCUT2D eigenvalue weighted by atomic mass is 10.0. The molecule has 0 aliphatic heterocycles. The number of carbonyl (C=O) groups is 2. The van der Waals surface area contributed by atoms with Crippen molar-refractivity contribution in [3.8, 4) is 23.3 Å². The Morgan fingerprint density at radius 2 is 1.70 bits per heavy atom. The number of hydrogen-bond acceptors (Lipinski definition) is 11. The van der Waals surface area contributed by atoms with Crippen molar-refractivity contribution in [2.24, 2.45) is 5.73 Å². The lowest BCUT2D eigenvalue weighted by Crippen LogP contribution is -2.22. The number of phenolic OH excluding ortho intramolecular Hbond substituents is 1. The molecule has 1 atom stereocenters. The van der Waals surface area contributed by atoms with Crippen molar-refractivity contribution >= 4 is 60.5 Å². The van der Waals surface area contributed by atoms with Crippen LogP contribution in [0.1, 0.15) is 62.8 Å². The molecule has 0 aliphatic rings. The van der Waals surface area contributed by atoms with Crippen molar-refractivity contribution in [3.05, 3.63) is 154 Å². The topological polar surface area (TPSA) is 226 Å². The number of rotatable bonds is 15. The quantitative estimate of drug-likeness (QED) is 0.0416. The number of nitrogens with zero attached hydrogens (tertiary/aromatic N) is 1. The van der Waals surface area contributed by atoms with Crippen molar-refractivity contribution in [1.29, 1.82) is 0 Å². The number of pyridine rings is 2. The molecule has 0 saturated heterocycles. The highest BCUT2D eigenvalue weighted by molar-refractivity contribution is 7.91. The van der Waals surface area contributed by atoms with Crippen LogP contribution in [0.2, 0.25) is 0 Å². The molecule has 2 heterocycles. The average molecular weight is 865 g/mol. The first-order chi connectivity index (χ1) is 30.3. The van der Waals surface area contributed by atoms with Gasteiger partial charge in [0.2, 0.25) is 15.4 Å². The fourth-order valence-corrected chi connectivity index (χ4v) is 8.49.